The van der Waals surface area contributed by atoms with E-state index in [1.54, 1.807) is 19.6 Å². The molecule has 2 aromatic heterocycles. The van der Waals surface area contributed by atoms with E-state index in [9.17, 15) is 0 Å². The van der Waals surface area contributed by atoms with Crippen LogP contribution < -0.4 is 19.1 Å². The van der Waals surface area contributed by atoms with E-state index in [0.29, 0.717) is 30.5 Å². The maximum atomic E-state index is 6.18. The summed E-state index contributed by atoms with van der Waals surface area (Å²) in [5, 5.41) is 0.910. The highest BCUT2D eigenvalue weighted by atomic mass is 16.5. The molecule has 0 saturated carbocycles. The van der Waals surface area contributed by atoms with Crippen LogP contribution in [-0.4, -0.2) is 46.2 Å². The summed E-state index contributed by atoms with van der Waals surface area (Å²) in [5.74, 6) is 2.68. The second-order valence-corrected chi connectivity index (χ2v) is 8.66. The van der Waals surface area contributed by atoms with Gasteiger partial charge in [-0.05, 0) is 23.8 Å². The van der Waals surface area contributed by atoms with Crippen LogP contribution in [0.25, 0.3) is 21.9 Å². The zero-order valence-electron chi connectivity index (χ0n) is 19.9. The molecule has 1 fully saturated rings. The lowest BCUT2D eigenvalue weighted by Crippen LogP contribution is -2.25. The van der Waals surface area contributed by atoms with Crippen molar-refractivity contribution in [3.05, 3.63) is 84.8 Å². The van der Waals surface area contributed by atoms with Gasteiger partial charge < -0.3 is 19.1 Å². The quantitative estimate of drug-likeness (QED) is 0.329. The normalized spacial score (nSPS) is 15.4. The van der Waals surface area contributed by atoms with Crippen LogP contribution in [0.15, 0.2) is 79.3 Å². The fourth-order valence-corrected chi connectivity index (χ4v) is 4.49. The van der Waals surface area contributed by atoms with E-state index in [0.717, 1.165) is 46.3 Å². The first-order chi connectivity index (χ1) is 17.8. The topological polar surface area (TPSA) is 82.5 Å². The highest BCUT2D eigenvalue weighted by Crippen LogP contribution is 2.36. The number of ether oxygens (including phenoxy) is 3. The number of benzene rings is 3. The number of aromatic nitrogens is 4. The van der Waals surface area contributed by atoms with Crippen LogP contribution in [-0.2, 0) is 6.61 Å². The summed E-state index contributed by atoms with van der Waals surface area (Å²) in [5.41, 5.74) is 3.56. The molecule has 36 heavy (non-hydrogen) atoms. The summed E-state index contributed by atoms with van der Waals surface area (Å²) in [6, 6.07) is 21.7. The Kier molecular flexibility index (Phi) is 5.91. The van der Waals surface area contributed by atoms with Crippen molar-refractivity contribution in [3.63, 3.8) is 0 Å². The molecule has 0 spiro atoms. The van der Waals surface area contributed by atoms with Crippen molar-refractivity contribution in [2.24, 2.45) is 0 Å². The molecular weight excluding hydrogens is 454 g/mol. The van der Waals surface area contributed by atoms with Crippen molar-refractivity contribution in [3.8, 4) is 17.4 Å². The number of hydrogen-bond acceptors (Lipinski definition) is 8. The zero-order chi connectivity index (χ0) is 24.3. The van der Waals surface area contributed by atoms with E-state index < -0.39 is 0 Å². The Balaban J connectivity index is 1.21. The standard InChI is InChI=1S/C28H25N5O3/c1-34-25-13-21-24(14-26(25)35-17-19-7-3-2-4-8-19)30-18-31-28(21)33-12-11-20(16-33)36-27-15-29-22-9-5-6-10-23(22)32-27/h2-10,13-15,18,20H,11-12,16-17H2,1H3/t20-/m1/s1. The molecule has 8 heteroatoms. The first-order valence-electron chi connectivity index (χ1n) is 11.9. The summed E-state index contributed by atoms with van der Waals surface area (Å²) in [7, 11) is 1.64. The molecule has 0 amide bonds. The Labute approximate surface area is 208 Å². The first-order valence-corrected chi connectivity index (χ1v) is 11.9. The Morgan fingerprint density at radius 3 is 2.58 bits per heavy atom. The van der Waals surface area contributed by atoms with Crippen LogP contribution >= 0.6 is 0 Å². The van der Waals surface area contributed by atoms with Gasteiger partial charge in [-0.3, -0.25) is 0 Å². The second-order valence-electron chi connectivity index (χ2n) is 8.66. The maximum Gasteiger partial charge on any atom is 0.233 e. The summed E-state index contributed by atoms with van der Waals surface area (Å²) in [6.45, 7) is 1.95. The van der Waals surface area contributed by atoms with Crippen LogP contribution in [0.5, 0.6) is 17.4 Å². The number of rotatable bonds is 7. The van der Waals surface area contributed by atoms with E-state index >= 15 is 0 Å². The van der Waals surface area contributed by atoms with E-state index in [1.807, 2.05) is 66.7 Å². The van der Waals surface area contributed by atoms with Crippen LogP contribution in [0.3, 0.4) is 0 Å². The molecule has 8 nitrogen and oxygen atoms in total. The van der Waals surface area contributed by atoms with Crippen molar-refractivity contribution in [1.29, 1.82) is 0 Å². The lowest BCUT2D eigenvalue weighted by Gasteiger charge is -2.20. The molecule has 0 bridgehead atoms. The summed E-state index contributed by atoms with van der Waals surface area (Å²) >= 11 is 0. The van der Waals surface area contributed by atoms with Gasteiger partial charge in [-0.1, -0.05) is 42.5 Å². The molecule has 0 aliphatic carbocycles. The van der Waals surface area contributed by atoms with Gasteiger partial charge >= 0.3 is 0 Å². The summed E-state index contributed by atoms with van der Waals surface area (Å²) in [4.78, 5) is 20.4. The van der Waals surface area contributed by atoms with Gasteiger partial charge in [-0.15, -0.1) is 0 Å². The maximum absolute atomic E-state index is 6.18. The molecule has 1 saturated heterocycles. The monoisotopic (exact) mass is 479 g/mol. The van der Waals surface area contributed by atoms with Crippen LogP contribution in [0, 0.1) is 0 Å². The van der Waals surface area contributed by atoms with E-state index in [1.165, 1.54) is 0 Å². The highest BCUT2D eigenvalue weighted by molar-refractivity contribution is 5.92. The van der Waals surface area contributed by atoms with Crippen LogP contribution in [0.4, 0.5) is 5.82 Å². The average molecular weight is 480 g/mol. The van der Waals surface area contributed by atoms with Gasteiger partial charge in [-0.2, -0.15) is 0 Å². The first kappa shape index (κ1) is 22.0. The SMILES string of the molecule is COc1cc2c(N3CC[C@@H](Oc4cnc5ccccc5n4)C3)ncnc2cc1OCc1ccccc1. The van der Waals surface area contributed by atoms with Gasteiger partial charge in [0.2, 0.25) is 5.88 Å². The third-order valence-electron chi connectivity index (χ3n) is 6.30. The second kappa shape index (κ2) is 9.65. The summed E-state index contributed by atoms with van der Waals surface area (Å²) < 4.78 is 17.9. The number of nitrogens with zero attached hydrogens (tertiary/aromatic N) is 5. The van der Waals surface area contributed by atoms with Gasteiger partial charge in [0, 0.05) is 24.4 Å². The largest absolute Gasteiger partial charge is 0.493 e. The fraction of sp³-hybridized carbons (Fsp3) is 0.214. The fourth-order valence-electron chi connectivity index (χ4n) is 4.49. The third kappa shape index (κ3) is 4.45. The molecule has 3 aromatic carbocycles. The Hall–Kier alpha value is -4.46. The van der Waals surface area contributed by atoms with Gasteiger partial charge in [0.1, 0.15) is 24.9 Å². The van der Waals surface area contributed by atoms with E-state index in [4.69, 9.17) is 14.2 Å². The van der Waals surface area contributed by atoms with Crippen molar-refractivity contribution in [1.82, 2.24) is 19.9 Å². The molecule has 6 rings (SSSR count). The smallest absolute Gasteiger partial charge is 0.233 e. The number of fused-ring (bicyclic) bond motifs is 2. The molecule has 180 valence electrons. The molecular formula is C28H25N5O3. The predicted octanol–water partition coefficient (Wildman–Crippen LogP) is 4.82. The molecule has 0 unspecified atom stereocenters. The van der Waals surface area contributed by atoms with E-state index in [-0.39, 0.29) is 6.10 Å². The number of anilines is 1. The molecule has 0 N–H and O–H groups in total. The van der Waals surface area contributed by atoms with Crippen LogP contribution in [0.1, 0.15) is 12.0 Å². The minimum atomic E-state index is -0.0131. The van der Waals surface area contributed by atoms with Gasteiger partial charge in [0.05, 0.1) is 36.4 Å². The Morgan fingerprint density at radius 1 is 0.889 bits per heavy atom. The number of hydrogen-bond donors (Lipinski definition) is 0. The van der Waals surface area contributed by atoms with E-state index in [2.05, 4.69) is 24.8 Å². The Morgan fingerprint density at radius 2 is 1.72 bits per heavy atom. The predicted molar refractivity (Wildman–Crippen MR) is 138 cm³/mol. The molecule has 1 aliphatic rings. The number of para-hydroxylation sites is 2. The molecule has 1 atom stereocenters. The van der Waals surface area contributed by atoms with Crippen molar-refractivity contribution in [2.75, 3.05) is 25.1 Å². The average Bonchev–Trinajstić information content (AvgIpc) is 3.39. The van der Waals surface area contributed by atoms with Gasteiger partial charge in [0.25, 0.3) is 0 Å². The molecule has 5 aromatic rings. The Bertz CT molecular complexity index is 1510. The van der Waals surface area contributed by atoms with Crippen molar-refractivity contribution in [2.45, 2.75) is 19.1 Å². The van der Waals surface area contributed by atoms with Crippen molar-refractivity contribution < 1.29 is 14.2 Å². The molecule has 0 radical (unpaired) electrons. The third-order valence-corrected chi connectivity index (χ3v) is 6.30. The van der Waals surface area contributed by atoms with Gasteiger partial charge in [-0.25, -0.2) is 19.9 Å². The minimum absolute atomic E-state index is 0.0131. The van der Waals surface area contributed by atoms with Gasteiger partial charge in [0.15, 0.2) is 11.5 Å². The molecule has 1 aliphatic heterocycles. The lowest BCUT2D eigenvalue weighted by atomic mass is 10.2. The minimum Gasteiger partial charge on any atom is -0.493 e. The lowest BCUT2D eigenvalue weighted by molar-refractivity contribution is 0.216. The number of methoxy groups -OCH3 is 1. The zero-order valence-corrected chi connectivity index (χ0v) is 19.9. The van der Waals surface area contributed by atoms with Crippen molar-refractivity contribution >= 4 is 27.8 Å². The molecule has 3 heterocycles. The van der Waals surface area contributed by atoms with Crippen LogP contribution in [0.2, 0.25) is 0 Å². The highest BCUT2D eigenvalue weighted by Gasteiger charge is 2.27. The summed E-state index contributed by atoms with van der Waals surface area (Å²) in [6.07, 6.45) is 4.12.